The van der Waals surface area contributed by atoms with Gasteiger partial charge in [0.2, 0.25) is 5.91 Å². The number of halogens is 1. The van der Waals surface area contributed by atoms with E-state index in [0.717, 1.165) is 29.4 Å². The van der Waals surface area contributed by atoms with Crippen LogP contribution in [0, 0.1) is 0 Å². The molecule has 1 amide bonds. The molecule has 19 heavy (non-hydrogen) atoms. The third-order valence-electron chi connectivity index (χ3n) is 3.11. The first-order chi connectivity index (χ1) is 9.13. The Labute approximate surface area is 124 Å². The zero-order valence-corrected chi connectivity index (χ0v) is 13.1. The maximum absolute atomic E-state index is 11.5. The van der Waals surface area contributed by atoms with Gasteiger partial charge in [-0.15, -0.1) is 0 Å². The predicted molar refractivity (Wildman–Crippen MR) is 84.1 cm³/mol. The zero-order chi connectivity index (χ0) is 14.1. The van der Waals surface area contributed by atoms with E-state index in [1.165, 1.54) is 19.3 Å². The summed E-state index contributed by atoms with van der Waals surface area (Å²) < 4.78 is 0.990. The van der Waals surface area contributed by atoms with Gasteiger partial charge in [0.15, 0.2) is 0 Å². The molecule has 1 unspecified atom stereocenters. The van der Waals surface area contributed by atoms with Gasteiger partial charge in [-0.2, -0.15) is 0 Å². The van der Waals surface area contributed by atoms with Gasteiger partial charge in [0, 0.05) is 10.2 Å². The number of primary amides is 1. The van der Waals surface area contributed by atoms with Crippen molar-refractivity contribution in [3.8, 4) is 0 Å². The molecule has 0 saturated carbocycles. The zero-order valence-electron chi connectivity index (χ0n) is 11.5. The minimum absolute atomic E-state index is 0.282. The highest BCUT2D eigenvalue weighted by atomic mass is 79.9. The molecule has 3 N–H and O–H groups in total. The SMILES string of the molecule is CCCCCCCC(Nc1cccc(Br)c1)C(N)=O. The summed E-state index contributed by atoms with van der Waals surface area (Å²) in [4.78, 5) is 11.5. The van der Waals surface area contributed by atoms with Gasteiger partial charge in [0.25, 0.3) is 0 Å². The van der Waals surface area contributed by atoms with Crippen LogP contribution in [0.1, 0.15) is 45.4 Å². The molecular formula is C15H23BrN2O. The van der Waals surface area contributed by atoms with Crippen molar-refractivity contribution in [2.45, 2.75) is 51.5 Å². The molecule has 106 valence electrons. The van der Waals surface area contributed by atoms with Gasteiger partial charge >= 0.3 is 0 Å². The summed E-state index contributed by atoms with van der Waals surface area (Å²) in [6.07, 6.45) is 6.73. The molecule has 0 radical (unpaired) electrons. The van der Waals surface area contributed by atoms with E-state index >= 15 is 0 Å². The summed E-state index contributed by atoms with van der Waals surface area (Å²) in [5, 5.41) is 3.21. The molecule has 0 fully saturated rings. The number of nitrogens with two attached hydrogens (primary N) is 1. The van der Waals surface area contributed by atoms with Crippen molar-refractivity contribution in [1.29, 1.82) is 0 Å². The van der Waals surface area contributed by atoms with Gasteiger partial charge in [0.05, 0.1) is 0 Å². The quantitative estimate of drug-likeness (QED) is 0.672. The Hall–Kier alpha value is -1.03. The normalized spacial score (nSPS) is 12.1. The number of carbonyl (C=O) groups excluding carboxylic acids is 1. The van der Waals surface area contributed by atoms with Gasteiger partial charge in [-0.3, -0.25) is 4.79 Å². The number of rotatable bonds is 9. The molecule has 0 saturated heterocycles. The van der Waals surface area contributed by atoms with Crippen LogP contribution >= 0.6 is 15.9 Å². The van der Waals surface area contributed by atoms with E-state index in [1.807, 2.05) is 24.3 Å². The lowest BCUT2D eigenvalue weighted by Crippen LogP contribution is -2.35. The first-order valence-electron chi connectivity index (χ1n) is 6.95. The van der Waals surface area contributed by atoms with Crippen molar-refractivity contribution in [1.82, 2.24) is 0 Å². The lowest BCUT2D eigenvalue weighted by atomic mass is 10.1. The van der Waals surface area contributed by atoms with Gasteiger partial charge in [-0.25, -0.2) is 0 Å². The van der Waals surface area contributed by atoms with Crippen molar-refractivity contribution >= 4 is 27.5 Å². The first-order valence-corrected chi connectivity index (χ1v) is 7.74. The largest absolute Gasteiger partial charge is 0.374 e. The first kappa shape index (κ1) is 16.0. The summed E-state index contributed by atoms with van der Waals surface area (Å²) in [6, 6.07) is 7.50. The second kappa shape index (κ2) is 8.97. The van der Waals surface area contributed by atoms with Gasteiger partial charge in [0.1, 0.15) is 6.04 Å². The Morgan fingerprint density at radius 3 is 2.68 bits per heavy atom. The van der Waals surface area contributed by atoms with Crippen LogP contribution in [0.2, 0.25) is 0 Å². The Morgan fingerprint density at radius 1 is 1.32 bits per heavy atom. The number of amides is 1. The van der Waals surface area contributed by atoms with E-state index < -0.39 is 0 Å². The number of anilines is 1. The molecular weight excluding hydrogens is 304 g/mol. The smallest absolute Gasteiger partial charge is 0.239 e. The van der Waals surface area contributed by atoms with Crippen LogP contribution in [0.25, 0.3) is 0 Å². The standard InChI is InChI=1S/C15H23BrN2O/c1-2-3-4-5-6-10-14(15(17)19)18-13-9-7-8-12(16)11-13/h7-9,11,14,18H,2-6,10H2,1H3,(H2,17,19). The highest BCUT2D eigenvalue weighted by molar-refractivity contribution is 9.10. The van der Waals surface area contributed by atoms with E-state index in [9.17, 15) is 4.79 Å². The predicted octanol–water partition coefficient (Wildman–Crippen LogP) is 4.08. The molecule has 0 aliphatic carbocycles. The summed E-state index contributed by atoms with van der Waals surface area (Å²) in [7, 11) is 0. The second-order valence-electron chi connectivity index (χ2n) is 4.81. The maximum Gasteiger partial charge on any atom is 0.239 e. The Morgan fingerprint density at radius 2 is 2.05 bits per heavy atom. The summed E-state index contributed by atoms with van der Waals surface area (Å²) in [6.45, 7) is 2.20. The molecule has 1 rings (SSSR count). The molecule has 1 aromatic rings. The number of nitrogens with one attached hydrogen (secondary N) is 1. The number of hydrogen-bond acceptors (Lipinski definition) is 2. The van der Waals surface area contributed by atoms with Crippen molar-refractivity contribution in [2.75, 3.05) is 5.32 Å². The average molecular weight is 327 g/mol. The molecule has 0 aliphatic heterocycles. The minimum atomic E-state index is -0.282. The van der Waals surface area contributed by atoms with Crippen LogP contribution in [0.15, 0.2) is 28.7 Å². The van der Waals surface area contributed by atoms with Crippen LogP contribution < -0.4 is 11.1 Å². The molecule has 0 heterocycles. The topological polar surface area (TPSA) is 55.1 Å². The Balaban J connectivity index is 2.42. The Bertz CT molecular complexity index is 395. The van der Waals surface area contributed by atoms with Crippen LogP contribution in [0.5, 0.6) is 0 Å². The molecule has 3 nitrogen and oxygen atoms in total. The van der Waals surface area contributed by atoms with E-state index in [-0.39, 0.29) is 11.9 Å². The Kier molecular flexibility index (Phi) is 7.56. The van der Waals surface area contributed by atoms with Crippen LogP contribution in [0.3, 0.4) is 0 Å². The number of unbranched alkanes of at least 4 members (excludes halogenated alkanes) is 4. The molecule has 1 atom stereocenters. The van der Waals surface area contributed by atoms with E-state index in [2.05, 4.69) is 28.2 Å². The number of benzene rings is 1. The van der Waals surface area contributed by atoms with Crippen LogP contribution in [-0.2, 0) is 4.79 Å². The lowest BCUT2D eigenvalue weighted by Gasteiger charge is -2.16. The average Bonchev–Trinajstić information content (AvgIpc) is 2.37. The van der Waals surface area contributed by atoms with Gasteiger partial charge in [-0.1, -0.05) is 61.0 Å². The molecule has 0 aliphatic rings. The van der Waals surface area contributed by atoms with Crippen molar-refractivity contribution in [3.63, 3.8) is 0 Å². The highest BCUT2D eigenvalue weighted by Gasteiger charge is 2.14. The fourth-order valence-corrected chi connectivity index (χ4v) is 2.42. The fourth-order valence-electron chi connectivity index (χ4n) is 2.02. The monoisotopic (exact) mass is 326 g/mol. The maximum atomic E-state index is 11.5. The summed E-state index contributed by atoms with van der Waals surface area (Å²) in [5.74, 6) is -0.282. The van der Waals surface area contributed by atoms with Gasteiger partial charge in [-0.05, 0) is 24.6 Å². The number of carbonyl (C=O) groups is 1. The lowest BCUT2D eigenvalue weighted by molar-refractivity contribution is -0.118. The van der Waals surface area contributed by atoms with Crippen molar-refractivity contribution in [2.24, 2.45) is 5.73 Å². The molecule has 0 aromatic heterocycles. The van der Waals surface area contributed by atoms with E-state index in [0.29, 0.717) is 0 Å². The highest BCUT2D eigenvalue weighted by Crippen LogP contribution is 2.18. The molecule has 0 spiro atoms. The minimum Gasteiger partial charge on any atom is -0.374 e. The summed E-state index contributed by atoms with van der Waals surface area (Å²) >= 11 is 3.41. The third-order valence-corrected chi connectivity index (χ3v) is 3.60. The van der Waals surface area contributed by atoms with E-state index in [4.69, 9.17) is 5.73 Å². The molecule has 0 bridgehead atoms. The van der Waals surface area contributed by atoms with Crippen LogP contribution in [0.4, 0.5) is 5.69 Å². The second-order valence-corrected chi connectivity index (χ2v) is 5.73. The van der Waals surface area contributed by atoms with Gasteiger partial charge < -0.3 is 11.1 Å². The van der Waals surface area contributed by atoms with Crippen molar-refractivity contribution in [3.05, 3.63) is 28.7 Å². The van der Waals surface area contributed by atoms with Crippen LogP contribution in [-0.4, -0.2) is 11.9 Å². The third kappa shape index (κ3) is 6.62. The number of hydrogen-bond donors (Lipinski definition) is 2. The summed E-state index contributed by atoms with van der Waals surface area (Å²) in [5.41, 5.74) is 6.37. The van der Waals surface area contributed by atoms with E-state index in [1.54, 1.807) is 0 Å². The molecule has 1 aromatic carbocycles. The fraction of sp³-hybridized carbons (Fsp3) is 0.533. The molecule has 4 heteroatoms. The van der Waals surface area contributed by atoms with Crippen molar-refractivity contribution < 1.29 is 4.79 Å².